The van der Waals surface area contributed by atoms with E-state index in [1.807, 2.05) is 82.4 Å². The molecule has 0 saturated carbocycles. The minimum Gasteiger partial charge on any atom is -0.319 e. The van der Waals surface area contributed by atoms with Crippen molar-refractivity contribution >= 4 is 23.4 Å². The molecule has 146 valence electrons. The molecule has 0 aliphatic heterocycles. The van der Waals surface area contributed by atoms with Crippen LogP contribution in [0, 0.1) is 13.8 Å². The zero-order valence-electron chi connectivity index (χ0n) is 16.6. The van der Waals surface area contributed by atoms with Crippen molar-refractivity contribution in [2.45, 2.75) is 37.3 Å². The zero-order valence-corrected chi connectivity index (χ0v) is 17.4. The lowest BCUT2D eigenvalue weighted by molar-refractivity contribution is -0.115. The van der Waals surface area contributed by atoms with Crippen molar-refractivity contribution in [3.05, 3.63) is 76.2 Å². The van der Waals surface area contributed by atoms with E-state index < -0.39 is 0 Å². The van der Waals surface area contributed by atoms with Gasteiger partial charge in [0.15, 0.2) is 0 Å². The van der Waals surface area contributed by atoms with Crippen LogP contribution in [0.25, 0.3) is 5.69 Å². The van der Waals surface area contributed by atoms with Gasteiger partial charge in [-0.15, -0.1) is 11.8 Å². The summed E-state index contributed by atoms with van der Waals surface area (Å²) < 4.78 is 3.33. The van der Waals surface area contributed by atoms with Crippen molar-refractivity contribution in [2.24, 2.45) is 7.05 Å². The van der Waals surface area contributed by atoms with Crippen LogP contribution in [0.2, 0.25) is 0 Å². The van der Waals surface area contributed by atoms with Gasteiger partial charge in [0.1, 0.15) is 5.69 Å². The molecule has 1 N–H and O–H groups in total. The third-order valence-electron chi connectivity index (χ3n) is 4.76. The molecule has 3 aromatic rings. The average molecular weight is 396 g/mol. The Kier molecular flexibility index (Phi) is 6.09. The van der Waals surface area contributed by atoms with Crippen LogP contribution < -0.4 is 10.9 Å². The number of para-hydroxylation sites is 1. The lowest BCUT2D eigenvalue weighted by Crippen LogP contribution is -2.28. The van der Waals surface area contributed by atoms with E-state index in [9.17, 15) is 9.59 Å². The van der Waals surface area contributed by atoms with Gasteiger partial charge in [0.25, 0.3) is 5.56 Å². The molecule has 0 aliphatic rings. The second-order valence-corrected chi connectivity index (χ2v) is 8.03. The molecule has 28 heavy (non-hydrogen) atoms. The Morgan fingerprint density at radius 3 is 2.32 bits per heavy atom. The first kappa shape index (κ1) is 20.0. The Hall–Kier alpha value is -2.73. The number of benzene rings is 2. The van der Waals surface area contributed by atoms with E-state index >= 15 is 0 Å². The van der Waals surface area contributed by atoms with E-state index in [1.54, 1.807) is 9.36 Å². The number of hydrogen-bond acceptors (Lipinski definition) is 3. The maximum Gasteiger partial charge on any atom is 0.295 e. The lowest BCUT2D eigenvalue weighted by Gasteiger charge is -2.14. The minimum absolute atomic E-state index is 0.154. The molecule has 0 aliphatic carbocycles. The summed E-state index contributed by atoms with van der Waals surface area (Å²) in [5.41, 5.74) is 2.77. The number of nitrogens with one attached hydrogen (secondary N) is 1. The van der Waals surface area contributed by atoms with Gasteiger partial charge in [-0.3, -0.25) is 14.3 Å². The van der Waals surface area contributed by atoms with Crippen molar-refractivity contribution in [1.29, 1.82) is 0 Å². The van der Waals surface area contributed by atoms with Crippen molar-refractivity contribution in [3.63, 3.8) is 0 Å². The Morgan fingerprint density at radius 1 is 1.07 bits per heavy atom. The second kappa shape index (κ2) is 8.52. The van der Waals surface area contributed by atoms with Crippen molar-refractivity contribution < 1.29 is 4.79 Å². The molecule has 1 aromatic heterocycles. The molecule has 0 saturated heterocycles. The summed E-state index contributed by atoms with van der Waals surface area (Å²) in [6, 6.07) is 17.5. The summed E-state index contributed by atoms with van der Waals surface area (Å²) in [4.78, 5) is 26.9. The van der Waals surface area contributed by atoms with Gasteiger partial charge in [0.05, 0.1) is 16.6 Å². The van der Waals surface area contributed by atoms with E-state index in [4.69, 9.17) is 0 Å². The first-order chi connectivity index (χ1) is 13.4. The Balaban J connectivity index is 1.85. The lowest BCUT2D eigenvalue weighted by atomic mass is 10.2. The maximum atomic E-state index is 13.0. The smallest absolute Gasteiger partial charge is 0.295 e. The Labute approximate surface area is 169 Å². The van der Waals surface area contributed by atoms with E-state index in [2.05, 4.69) is 5.32 Å². The summed E-state index contributed by atoms with van der Waals surface area (Å²) in [6.45, 7) is 5.85. The van der Waals surface area contributed by atoms with E-state index in [0.29, 0.717) is 12.1 Å². The molecule has 5 nitrogen and oxygen atoms in total. The van der Waals surface area contributed by atoms with Crippen LogP contribution in [0.1, 0.15) is 24.6 Å². The number of amides is 1. The van der Waals surface area contributed by atoms with Gasteiger partial charge >= 0.3 is 0 Å². The quantitative estimate of drug-likeness (QED) is 0.633. The van der Waals surface area contributed by atoms with Crippen LogP contribution in [0.5, 0.6) is 0 Å². The van der Waals surface area contributed by atoms with Crippen molar-refractivity contribution in [2.75, 3.05) is 5.32 Å². The van der Waals surface area contributed by atoms with Gasteiger partial charge < -0.3 is 5.32 Å². The molecular weight excluding hydrogens is 370 g/mol. The maximum absolute atomic E-state index is 13.0. The summed E-state index contributed by atoms with van der Waals surface area (Å²) >= 11 is 1.52. The second-order valence-electron chi connectivity index (χ2n) is 6.75. The van der Waals surface area contributed by atoms with Crippen LogP contribution >= 0.6 is 11.8 Å². The summed E-state index contributed by atoms with van der Waals surface area (Å²) in [5, 5.41) is 2.61. The molecule has 0 bridgehead atoms. The molecule has 1 amide bonds. The standard InChI is InChI=1S/C22H25N3O2S/c1-5-19(28-18-13-11-15(2)12-14-18)21(26)23-20-16(3)24(4)25(22(20)27)17-9-7-6-8-10-17/h6-14,19H,5H2,1-4H3,(H,23,26). The molecule has 1 unspecified atom stereocenters. The number of nitrogens with zero attached hydrogens (tertiary/aromatic N) is 2. The number of hydrogen-bond donors (Lipinski definition) is 1. The summed E-state index contributed by atoms with van der Waals surface area (Å²) in [5.74, 6) is -0.154. The monoisotopic (exact) mass is 395 g/mol. The van der Waals surface area contributed by atoms with Crippen molar-refractivity contribution in [1.82, 2.24) is 9.36 Å². The topological polar surface area (TPSA) is 56.0 Å². The third kappa shape index (κ3) is 4.07. The predicted octanol–water partition coefficient (Wildman–Crippen LogP) is 4.30. The largest absolute Gasteiger partial charge is 0.319 e. The highest BCUT2D eigenvalue weighted by Crippen LogP contribution is 2.27. The van der Waals surface area contributed by atoms with Gasteiger partial charge in [0, 0.05) is 11.9 Å². The molecule has 3 rings (SSSR count). The van der Waals surface area contributed by atoms with Crippen LogP contribution in [-0.2, 0) is 11.8 Å². The summed E-state index contributed by atoms with van der Waals surface area (Å²) in [6.07, 6.45) is 0.670. The first-order valence-corrected chi connectivity index (χ1v) is 10.2. The fraction of sp³-hybridized carbons (Fsp3) is 0.273. The number of aromatic nitrogens is 2. The van der Waals surface area contributed by atoms with Gasteiger partial charge in [-0.25, -0.2) is 4.68 Å². The van der Waals surface area contributed by atoms with Crippen LogP contribution in [0.3, 0.4) is 0 Å². The third-order valence-corrected chi connectivity index (χ3v) is 6.14. The Bertz CT molecular complexity index is 1020. The highest BCUT2D eigenvalue weighted by molar-refractivity contribution is 8.00. The van der Waals surface area contributed by atoms with Gasteiger partial charge in [-0.05, 0) is 44.5 Å². The zero-order chi connectivity index (χ0) is 20.3. The number of anilines is 1. The first-order valence-electron chi connectivity index (χ1n) is 9.30. The average Bonchev–Trinajstić information content (AvgIpc) is 2.91. The molecule has 0 spiro atoms. The van der Waals surface area contributed by atoms with E-state index in [0.717, 1.165) is 16.3 Å². The number of rotatable bonds is 6. The van der Waals surface area contributed by atoms with Crippen molar-refractivity contribution in [3.8, 4) is 5.69 Å². The van der Waals surface area contributed by atoms with Crippen LogP contribution in [-0.4, -0.2) is 20.5 Å². The molecule has 2 aromatic carbocycles. The molecule has 0 radical (unpaired) electrons. The fourth-order valence-corrected chi connectivity index (χ4v) is 3.97. The van der Waals surface area contributed by atoms with Gasteiger partial charge in [0.2, 0.25) is 5.91 Å². The highest BCUT2D eigenvalue weighted by atomic mass is 32.2. The molecule has 1 heterocycles. The highest BCUT2D eigenvalue weighted by Gasteiger charge is 2.23. The Morgan fingerprint density at radius 2 is 1.71 bits per heavy atom. The normalized spacial score (nSPS) is 12.0. The molecule has 6 heteroatoms. The number of carbonyl (C=O) groups excluding carboxylic acids is 1. The number of thioether (sulfide) groups is 1. The number of carbonyl (C=O) groups is 1. The summed E-state index contributed by atoms with van der Waals surface area (Å²) in [7, 11) is 1.82. The SMILES string of the molecule is CCC(Sc1ccc(C)cc1)C(=O)Nc1c(C)n(C)n(-c2ccccc2)c1=O. The molecule has 1 atom stereocenters. The van der Waals surface area contributed by atoms with E-state index in [1.165, 1.54) is 17.3 Å². The fourth-order valence-electron chi connectivity index (χ4n) is 3.02. The van der Waals surface area contributed by atoms with E-state index in [-0.39, 0.29) is 16.7 Å². The predicted molar refractivity (Wildman–Crippen MR) is 115 cm³/mol. The van der Waals surface area contributed by atoms with Gasteiger partial charge in [-0.1, -0.05) is 42.8 Å². The number of aryl methyl sites for hydroxylation is 1. The van der Waals surface area contributed by atoms with Crippen LogP contribution in [0.4, 0.5) is 5.69 Å². The van der Waals surface area contributed by atoms with Gasteiger partial charge in [-0.2, -0.15) is 0 Å². The minimum atomic E-state index is -0.271. The molecular formula is C22H25N3O2S. The molecule has 0 fully saturated rings. The van der Waals surface area contributed by atoms with Crippen LogP contribution in [0.15, 0.2) is 64.3 Å².